The van der Waals surface area contributed by atoms with Crippen LogP contribution in [0.1, 0.15) is 6.42 Å². The summed E-state index contributed by atoms with van der Waals surface area (Å²) in [6, 6.07) is 9.59. The van der Waals surface area contributed by atoms with Crippen molar-refractivity contribution in [2.75, 3.05) is 19.0 Å². The molecule has 6 nitrogen and oxygen atoms in total. The monoisotopic (exact) mass is 385 g/mol. The van der Waals surface area contributed by atoms with Crippen molar-refractivity contribution >= 4 is 27.4 Å². The van der Waals surface area contributed by atoms with Crippen molar-refractivity contribution in [3.05, 3.63) is 46.6 Å². The molecule has 1 N–H and O–H groups in total. The Kier molecular flexibility index (Phi) is 3.93. The first-order valence-corrected chi connectivity index (χ1v) is 8.52. The van der Waals surface area contributed by atoms with Crippen LogP contribution in [0.25, 0.3) is 11.4 Å². The summed E-state index contributed by atoms with van der Waals surface area (Å²) in [6.45, 7) is 1.89. The molecule has 0 saturated heterocycles. The Morgan fingerprint density at radius 3 is 3.12 bits per heavy atom. The number of ether oxygens (including phenoxy) is 1. The van der Waals surface area contributed by atoms with Gasteiger partial charge in [-0.15, -0.1) is 0 Å². The third kappa shape index (κ3) is 2.75. The molecule has 0 aromatic heterocycles. The number of nitrogens with one attached hydrogen (secondary N) is 1. The Bertz CT molecular complexity index is 937. The van der Waals surface area contributed by atoms with Gasteiger partial charge < -0.3 is 14.6 Å². The molecule has 0 fully saturated rings. The van der Waals surface area contributed by atoms with Gasteiger partial charge in [-0.1, -0.05) is 6.07 Å². The molecule has 0 atom stereocenters. The fourth-order valence-electron chi connectivity index (χ4n) is 2.82. The molecule has 0 unspecified atom stereocenters. The summed E-state index contributed by atoms with van der Waals surface area (Å²) < 4.78 is 8.43. The van der Waals surface area contributed by atoms with Gasteiger partial charge in [0.1, 0.15) is 17.4 Å². The van der Waals surface area contributed by atoms with E-state index in [0.29, 0.717) is 5.62 Å². The van der Waals surface area contributed by atoms with Crippen LogP contribution in [0.15, 0.2) is 46.0 Å². The van der Waals surface area contributed by atoms with E-state index in [1.165, 1.54) is 0 Å². The third-order valence-corrected chi connectivity index (χ3v) is 4.56. The van der Waals surface area contributed by atoms with Gasteiger partial charge in [-0.2, -0.15) is 4.98 Å². The van der Waals surface area contributed by atoms with E-state index < -0.39 is 0 Å². The van der Waals surface area contributed by atoms with E-state index in [1.54, 1.807) is 7.11 Å². The average Bonchev–Trinajstić information content (AvgIpc) is 2.63. The van der Waals surface area contributed by atoms with E-state index in [2.05, 4.69) is 40.8 Å². The lowest BCUT2D eigenvalue weighted by molar-refractivity contribution is 0.415. The normalized spacial score (nSPS) is 14.3. The van der Waals surface area contributed by atoms with Crippen molar-refractivity contribution in [1.82, 2.24) is 14.5 Å². The molecular weight excluding hydrogens is 370 g/mol. The number of anilines is 1. The van der Waals surface area contributed by atoms with Crippen LogP contribution in [0.4, 0.5) is 11.5 Å². The SMILES string of the molecule is COc1cccc(N=c2ncc3cc(Br)c4n(c-3n2)CCCN4)c1. The molecule has 1 aromatic rings. The molecule has 24 heavy (non-hydrogen) atoms. The van der Waals surface area contributed by atoms with E-state index in [9.17, 15) is 0 Å². The lowest BCUT2D eigenvalue weighted by atomic mass is 10.2. The van der Waals surface area contributed by atoms with Gasteiger partial charge in [0.25, 0.3) is 5.62 Å². The second-order valence-corrected chi connectivity index (χ2v) is 6.39. The van der Waals surface area contributed by atoms with Crippen LogP contribution in [0.2, 0.25) is 0 Å². The van der Waals surface area contributed by atoms with Gasteiger partial charge in [0.05, 0.1) is 17.3 Å². The number of hydrogen-bond acceptors (Lipinski definition) is 5. The number of nitrogens with zero attached hydrogens (tertiary/aromatic N) is 4. The first-order valence-electron chi connectivity index (χ1n) is 7.73. The van der Waals surface area contributed by atoms with Crippen LogP contribution in [0.3, 0.4) is 0 Å². The van der Waals surface area contributed by atoms with Gasteiger partial charge in [0.15, 0.2) is 0 Å². The number of hydrogen-bond donors (Lipinski definition) is 1. The van der Waals surface area contributed by atoms with Gasteiger partial charge in [-0.05, 0) is 40.5 Å². The Labute approximate surface area is 147 Å². The van der Waals surface area contributed by atoms with E-state index in [-0.39, 0.29) is 0 Å². The number of halogens is 1. The quantitative estimate of drug-likeness (QED) is 0.735. The lowest BCUT2D eigenvalue weighted by Crippen LogP contribution is -2.24. The molecule has 0 bridgehead atoms. The highest BCUT2D eigenvalue weighted by atomic mass is 79.9. The summed E-state index contributed by atoms with van der Waals surface area (Å²) >= 11 is 3.62. The van der Waals surface area contributed by atoms with Gasteiger partial charge >= 0.3 is 0 Å². The summed E-state index contributed by atoms with van der Waals surface area (Å²) in [7, 11) is 1.64. The Morgan fingerprint density at radius 2 is 2.25 bits per heavy atom. The van der Waals surface area contributed by atoms with Crippen molar-refractivity contribution in [3.63, 3.8) is 0 Å². The molecule has 7 heteroatoms. The van der Waals surface area contributed by atoms with Crippen molar-refractivity contribution in [2.24, 2.45) is 4.99 Å². The second-order valence-electron chi connectivity index (χ2n) is 5.54. The standard InChI is InChI=1S/C17H16BrN5O/c1-24-13-5-2-4-12(9-13)21-17-20-10-11-8-14(18)16-19-6-3-7-23(16)15(11)22-17/h2,4-5,8-10,19H,3,6-7H2,1H3. The molecule has 3 heterocycles. The number of rotatable bonds is 2. The number of aromatic nitrogens is 3. The highest BCUT2D eigenvalue weighted by Gasteiger charge is 2.18. The molecule has 0 saturated carbocycles. The van der Waals surface area contributed by atoms with Gasteiger partial charge in [-0.3, -0.25) is 0 Å². The molecule has 0 amide bonds. The van der Waals surface area contributed by atoms with Crippen LogP contribution in [-0.2, 0) is 6.54 Å². The molecule has 0 radical (unpaired) electrons. The van der Waals surface area contributed by atoms with Gasteiger partial charge in [0.2, 0.25) is 0 Å². The molecule has 3 aliphatic rings. The van der Waals surface area contributed by atoms with E-state index >= 15 is 0 Å². The average molecular weight is 386 g/mol. The summed E-state index contributed by atoms with van der Waals surface area (Å²) in [4.78, 5) is 13.6. The number of fused-ring (bicyclic) bond motifs is 3. The smallest absolute Gasteiger partial charge is 0.251 e. The van der Waals surface area contributed by atoms with Crippen LogP contribution in [0, 0.1) is 0 Å². The predicted molar refractivity (Wildman–Crippen MR) is 95.7 cm³/mol. The Balaban J connectivity index is 1.87. The zero-order valence-electron chi connectivity index (χ0n) is 13.2. The summed E-state index contributed by atoms with van der Waals surface area (Å²) in [6.07, 6.45) is 2.88. The zero-order valence-corrected chi connectivity index (χ0v) is 14.7. The number of benzene rings is 1. The summed E-state index contributed by atoms with van der Waals surface area (Å²) in [5.41, 5.74) is 2.19. The molecular formula is C17H16BrN5O. The fourth-order valence-corrected chi connectivity index (χ4v) is 3.42. The fraction of sp³-hybridized carbons (Fsp3) is 0.235. The van der Waals surface area contributed by atoms with Crippen LogP contribution in [-0.4, -0.2) is 28.2 Å². The van der Waals surface area contributed by atoms with Crippen molar-refractivity contribution in [3.8, 4) is 17.1 Å². The first-order chi connectivity index (χ1) is 11.7. The summed E-state index contributed by atoms with van der Waals surface area (Å²) in [5, 5.41) is 3.42. The van der Waals surface area contributed by atoms with Crippen molar-refractivity contribution < 1.29 is 4.74 Å². The number of methoxy groups -OCH3 is 1. The van der Waals surface area contributed by atoms with Crippen molar-refractivity contribution in [1.29, 1.82) is 0 Å². The summed E-state index contributed by atoms with van der Waals surface area (Å²) in [5.74, 6) is 2.70. The minimum atomic E-state index is 0.443. The number of pyridine rings is 1. The molecule has 0 aliphatic carbocycles. The zero-order chi connectivity index (χ0) is 16.5. The van der Waals surface area contributed by atoms with Gasteiger partial charge in [-0.25, -0.2) is 9.98 Å². The lowest BCUT2D eigenvalue weighted by Gasteiger charge is -2.25. The predicted octanol–water partition coefficient (Wildman–Crippen LogP) is 3.20. The van der Waals surface area contributed by atoms with Gasteiger partial charge in [0, 0.05) is 30.9 Å². The molecule has 0 spiro atoms. The maximum absolute atomic E-state index is 5.23. The largest absolute Gasteiger partial charge is 0.497 e. The molecule has 4 rings (SSSR count). The Morgan fingerprint density at radius 1 is 1.33 bits per heavy atom. The first kappa shape index (κ1) is 15.1. The Hall–Kier alpha value is -2.41. The van der Waals surface area contributed by atoms with Crippen LogP contribution < -0.4 is 15.7 Å². The van der Waals surface area contributed by atoms with Crippen LogP contribution in [0.5, 0.6) is 5.75 Å². The van der Waals surface area contributed by atoms with Crippen molar-refractivity contribution in [2.45, 2.75) is 13.0 Å². The van der Waals surface area contributed by atoms with E-state index in [4.69, 9.17) is 4.74 Å². The molecule has 1 aromatic carbocycles. The highest BCUT2D eigenvalue weighted by molar-refractivity contribution is 9.10. The third-order valence-electron chi connectivity index (χ3n) is 3.95. The minimum Gasteiger partial charge on any atom is -0.497 e. The topological polar surface area (TPSA) is 64.3 Å². The molecule has 122 valence electrons. The second kappa shape index (κ2) is 6.24. The molecule has 3 aliphatic heterocycles. The minimum absolute atomic E-state index is 0.443. The maximum Gasteiger partial charge on any atom is 0.251 e. The van der Waals surface area contributed by atoms with E-state index in [0.717, 1.165) is 52.6 Å². The highest BCUT2D eigenvalue weighted by Crippen LogP contribution is 2.32. The maximum atomic E-state index is 5.23. The van der Waals surface area contributed by atoms with Crippen LogP contribution >= 0.6 is 15.9 Å². The van der Waals surface area contributed by atoms with E-state index in [1.807, 2.05) is 36.5 Å².